The topological polar surface area (TPSA) is 88.2 Å². The maximum absolute atomic E-state index is 15.0. The van der Waals surface area contributed by atoms with Crippen LogP contribution in [0.5, 0.6) is 0 Å². The Morgan fingerprint density at radius 3 is 2.66 bits per heavy atom. The zero-order valence-electron chi connectivity index (χ0n) is 18.6. The Bertz CT molecular complexity index is 1860. The lowest BCUT2D eigenvalue weighted by molar-refractivity contribution is 0.0687. The summed E-state index contributed by atoms with van der Waals surface area (Å²) in [6.45, 7) is 1.89. The summed E-state index contributed by atoms with van der Waals surface area (Å²) in [5.41, 5.74) is 2.94. The van der Waals surface area contributed by atoms with E-state index in [9.17, 15) is 14.7 Å². The Balaban J connectivity index is 1.73. The van der Waals surface area contributed by atoms with E-state index in [1.807, 2.05) is 37.3 Å². The number of aromatic nitrogens is 2. The number of hydrogen-bond donors (Lipinski definition) is 2. The van der Waals surface area contributed by atoms with Gasteiger partial charge >= 0.3 is 5.97 Å². The number of fused-ring (bicyclic) bond motifs is 4. The number of pyridine rings is 1. The molecule has 0 aliphatic heterocycles. The number of furan rings is 1. The number of carboxylic acids is 1. The molecule has 2 N–H and O–H groups in total. The highest BCUT2D eigenvalue weighted by atomic mass is 19.1. The van der Waals surface area contributed by atoms with Gasteiger partial charge in [0, 0.05) is 27.6 Å². The number of aromatic carboxylic acids is 1. The molecule has 35 heavy (non-hydrogen) atoms. The number of aryl methyl sites for hydroxylation is 1. The third-order valence-electron chi connectivity index (χ3n) is 6.48. The van der Waals surface area contributed by atoms with Gasteiger partial charge in [-0.2, -0.15) is 0 Å². The molecule has 0 aliphatic rings. The highest BCUT2D eigenvalue weighted by Crippen LogP contribution is 2.42. The summed E-state index contributed by atoms with van der Waals surface area (Å²) in [6, 6.07) is 18.9. The molecule has 0 radical (unpaired) electrons. The van der Waals surface area contributed by atoms with Crippen molar-refractivity contribution < 1.29 is 18.7 Å². The monoisotopic (exact) mass is 466 g/mol. The number of aromatic amines is 1. The fourth-order valence-corrected chi connectivity index (χ4v) is 4.91. The van der Waals surface area contributed by atoms with Gasteiger partial charge in [-0.15, -0.1) is 0 Å². The maximum atomic E-state index is 15.0. The molecule has 0 saturated heterocycles. The van der Waals surface area contributed by atoms with Crippen LogP contribution in [0.15, 0.2) is 82.2 Å². The van der Waals surface area contributed by atoms with Gasteiger partial charge in [-0.25, -0.2) is 9.18 Å². The second kappa shape index (κ2) is 7.70. The molecule has 3 aromatic carbocycles. The number of nitrogens with one attached hydrogen (secondary N) is 1. The largest absolute Gasteiger partial charge is 0.477 e. The molecule has 0 aliphatic carbocycles. The van der Waals surface area contributed by atoms with Crippen molar-refractivity contribution in [3.05, 3.63) is 106 Å². The van der Waals surface area contributed by atoms with E-state index >= 15 is 4.39 Å². The Kier molecular flexibility index (Phi) is 4.60. The van der Waals surface area contributed by atoms with Gasteiger partial charge < -0.3 is 19.1 Å². The molecular weight excluding hydrogens is 447 g/mol. The molecule has 0 fully saturated rings. The quantitative estimate of drug-likeness (QED) is 0.329. The minimum atomic E-state index is -1.23. The Labute approximate surface area is 197 Å². The Morgan fingerprint density at radius 1 is 1.09 bits per heavy atom. The molecule has 0 saturated carbocycles. The van der Waals surface area contributed by atoms with Gasteiger partial charge in [-0.1, -0.05) is 36.4 Å². The SMILES string of the molecule is Cc1cc2c(c(-c3ccccc3F)c(C(=O)O)n2Cc2cc3ccccc3[nH]c2=O)c2occc12. The molecule has 0 spiro atoms. The third-order valence-corrected chi connectivity index (χ3v) is 6.48. The van der Waals surface area contributed by atoms with Crippen molar-refractivity contribution in [2.45, 2.75) is 13.5 Å². The van der Waals surface area contributed by atoms with Crippen LogP contribution in [-0.2, 0) is 6.54 Å². The summed E-state index contributed by atoms with van der Waals surface area (Å²) in [5, 5.41) is 12.5. The molecule has 0 amide bonds. The summed E-state index contributed by atoms with van der Waals surface area (Å²) in [4.78, 5) is 28.5. The van der Waals surface area contributed by atoms with Crippen molar-refractivity contribution in [1.82, 2.24) is 9.55 Å². The van der Waals surface area contributed by atoms with Crippen molar-refractivity contribution in [3.63, 3.8) is 0 Å². The predicted molar refractivity (Wildman–Crippen MR) is 132 cm³/mol. The van der Waals surface area contributed by atoms with Crippen molar-refractivity contribution >= 4 is 38.7 Å². The highest BCUT2D eigenvalue weighted by Gasteiger charge is 2.28. The van der Waals surface area contributed by atoms with Gasteiger partial charge in [0.2, 0.25) is 0 Å². The molecule has 6 aromatic rings. The van der Waals surface area contributed by atoms with Crippen LogP contribution in [0.4, 0.5) is 4.39 Å². The molecule has 7 heteroatoms. The third kappa shape index (κ3) is 3.16. The normalized spacial score (nSPS) is 11.6. The second-order valence-corrected chi connectivity index (χ2v) is 8.56. The lowest BCUT2D eigenvalue weighted by Crippen LogP contribution is -2.18. The maximum Gasteiger partial charge on any atom is 0.353 e. The number of nitrogens with zero attached hydrogens (tertiary/aromatic N) is 1. The Morgan fingerprint density at radius 2 is 1.86 bits per heavy atom. The van der Waals surface area contributed by atoms with E-state index in [0.29, 0.717) is 27.6 Å². The average molecular weight is 466 g/mol. The minimum Gasteiger partial charge on any atom is -0.477 e. The van der Waals surface area contributed by atoms with Crippen molar-refractivity contribution in [3.8, 4) is 11.1 Å². The van der Waals surface area contributed by atoms with Gasteiger partial charge in [0.1, 0.15) is 17.1 Å². The highest BCUT2D eigenvalue weighted by molar-refractivity contribution is 6.17. The summed E-state index contributed by atoms with van der Waals surface area (Å²) in [7, 11) is 0. The summed E-state index contributed by atoms with van der Waals surface area (Å²) in [6.07, 6.45) is 1.54. The van der Waals surface area contributed by atoms with E-state index in [-0.39, 0.29) is 28.9 Å². The number of hydrogen-bond acceptors (Lipinski definition) is 3. The van der Waals surface area contributed by atoms with E-state index < -0.39 is 11.8 Å². The number of halogens is 1. The standard InChI is InChI=1S/C28H19FN2O4/c1-15-12-22-24(26-18(15)10-11-35-26)23(19-7-3-4-8-20(19)29)25(28(33)34)31(22)14-17-13-16-6-2-5-9-21(16)30-27(17)32/h2-13H,14H2,1H3,(H,30,32)(H,33,34). The van der Waals surface area contributed by atoms with Gasteiger partial charge in [-0.3, -0.25) is 4.79 Å². The van der Waals surface area contributed by atoms with Crippen LogP contribution in [0.2, 0.25) is 0 Å². The van der Waals surface area contributed by atoms with Crippen LogP contribution in [0.25, 0.3) is 43.9 Å². The predicted octanol–water partition coefficient (Wildman–Crippen LogP) is 6.09. The van der Waals surface area contributed by atoms with E-state index in [0.717, 1.165) is 16.3 Å². The number of para-hydroxylation sites is 1. The second-order valence-electron chi connectivity index (χ2n) is 8.56. The number of rotatable bonds is 4. The van der Waals surface area contributed by atoms with E-state index in [1.165, 1.54) is 12.3 Å². The molecule has 172 valence electrons. The van der Waals surface area contributed by atoms with E-state index in [1.54, 1.807) is 34.9 Å². The molecule has 6 rings (SSSR count). The van der Waals surface area contributed by atoms with Crippen LogP contribution < -0.4 is 5.56 Å². The number of benzene rings is 3. The van der Waals surface area contributed by atoms with Gasteiger partial charge in [-0.05, 0) is 48.2 Å². The van der Waals surface area contributed by atoms with Crippen LogP contribution in [0.3, 0.4) is 0 Å². The fourth-order valence-electron chi connectivity index (χ4n) is 4.91. The number of carboxylic acid groups (broad SMARTS) is 1. The molecule has 0 bridgehead atoms. The summed E-state index contributed by atoms with van der Waals surface area (Å²) >= 11 is 0. The first-order chi connectivity index (χ1) is 16.9. The first-order valence-corrected chi connectivity index (χ1v) is 11.1. The van der Waals surface area contributed by atoms with E-state index in [4.69, 9.17) is 4.42 Å². The first kappa shape index (κ1) is 20.9. The van der Waals surface area contributed by atoms with Crippen molar-refractivity contribution in [2.24, 2.45) is 0 Å². The van der Waals surface area contributed by atoms with Crippen LogP contribution in [0.1, 0.15) is 21.6 Å². The number of H-pyrrole nitrogens is 1. The van der Waals surface area contributed by atoms with Crippen LogP contribution in [-0.4, -0.2) is 20.6 Å². The van der Waals surface area contributed by atoms with Crippen molar-refractivity contribution in [1.29, 1.82) is 0 Å². The summed E-state index contributed by atoms with van der Waals surface area (Å²) < 4.78 is 22.4. The molecule has 3 aromatic heterocycles. The van der Waals surface area contributed by atoms with Crippen LogP contribution in [0, 0.1) is 12.7 Å². The lowest BCUT2D eigenvalue weighted by atomic mass is 9.99. The van der Waals surface area contributed by atoms with Crippen LogP contribution >= 0.6 is 0 Å². The average Bonchev–Trinajstić information content (AvgIpc) is 3.44. The van der Waals surface area contributed by atoms with Gasteiger partial charge in [0.05, 0.1) is 23.7 Å². The lowest BCUT2D eigenvalue weighted by Gasteiger charge is -2.10. The van der Waals surface area contributed by atoms with Gasteiger partial charge in [0.15, 0.2) is 0 Å². The fraction of sp³-hybridized carbons (Fsp3) is 0.0714. The molecule has 6 nitrogen and oxygen atoms in total. The zero-order chi connectivity index (χ0) is 24.3. The first-order valence-electron chi connectivity index (χ1n) is 11.1. The van der Waals surface area contributed by atoms with Crippen molar-refractivity contribution in [2.75, 3.05) is 0 Å². The molecule has 0 atom stereocenters. The minimum absolute atomic E-state index is 0.0155. The Hall–Kier alpha value is -4.65. The molecule has 0 unspecified atom stereocenters. The zero-order valence-corrected chi connectivity index (χ0v) is 18.6. The summed E-state index contributed by atoms with van der Waals surface area (Å²) in [5.74, 6) is -1.77. The molecule has 3 heterocycles. The number of carbonyl (C=O) groups is 1. The smallest absolute Gasteiger partial charge is 0.353 e. The van der Waals surface area contributed by atoms with E-state index in [2.05, 4.69) is 4.98 Å². The molecular formula is C28H19FN2O4. The van der Waals surface area contributed by atoms with Gasteiger partial charge in [0.25, 0.3) is 5.56 Å².